The molecule has 1 saturated carbocycles. The molecule has 110 valence electrons. The van der Waals surface area contributed by atoms with E-state index in [1.165, 1.54) is 36.0 Å². The van der Waals surface area contributed by atoms with Crippen LogP contribution in [0, 0.1) is 0 Å². The van der Waals surface area contributed by atoms with Crippen LogP contribution in [0.25, 0.3) is 0 Å². The Bertz CT molecular complexity index is 598. The van der Waals surface area contributed by atoms with Gasteiger partial charge < -0.3 is 5.32 Å². The number of hydrogen-bond donors (Lipinski definition) is 1. The molecule has 21 heavy (non-hydrogen) atoms. The fourth-order valence-electron chi connectivity index (χ4n) is 3.48. The molecule has 0 radical (unpaired) electrons. The van der Waals surface area contributed by atoms with Gasteiger partial charge in [-0.3, -0.25) is 0 Å². The van der Waals surface area contributed by atoms with E-state index in [1.807, 2.05) is 0 Å². The van der Waals surface area contributed by atoms with Crippen molar-refractivity contribution in [3.05, 3.63) is 70.8 Å². The average Bonchev–Trinajstić information content (AvgIpc) is 2.48. The second-order valence-electron chi connectivity index (χ2n) is 6.03. The molecule has 1 fully saturated rings. The van der Waals surface area contributed by atoms with Gasteiger partial charge in [0.15, 0.2) is 0 Å². The zero-order valence-electron chi connectivity index (χ0n) is 13.1. The number of benzene rings is 2. The molecule has 1 aliphatic carbocycles. The van der Waals surface area contributed by atoms with E-state index in [2.05, 4.69) is 67.8 Å². The average molecular weight is 279 g/mol. The summed E-state index contributed by atoms with van der Waals surface area (Å²) >= 11 is 0. The lowest BCUT2D eigenvalue weighted by molar-refractivity contribution is 0.415. The van der Waals surface area contributed by atoms with Crippen molar-refractivity contribution in [3.8, 4) is 0 Å². The summed E-state index contributed by atoms with van der Waals surface area (Å²) in [5.41, 5.74) is 5.88. The van der Waals surface area contributed by atoms with Gasteiger partial charge in [0, 0.05) is 0 Å². The second kappa shape index (κ2) is 6.44. The summed E-state index contributed by atoms with van der Waals surface area (Å²) in [6.07, 6.45) is 5.17. The van der Waals surface area contributed by atoms with Crippen molar-refractivity contribution in [2.24, 2.45) is 0 Å². The van der Waals surface area contributed by atoms with Crippen LogP contribution in [0.4, 0.5) is 0 Å². The molecule has 0 aromatic heterocycles. The van der Waals surface area contributed by atoms with Gasteiger partial charge in [-0.05, 0) is 54.5 Å². The number of rotatable bonds is 5. The van der Waals surface area contributed by atoms with Crippen LogP contribution in [0.15, 0.2) is 48.5 Å². The number of hydrogen-bond acceptors (Lipinski definition) is 1. The Morgan fingerprint density at radius 2 is 1.67 bits per heavy atom. The first kappa shape index (κ1) is 14.3. The fourth-order valence-corrected chi connectivity index (χ4v) is 3.48. The summed E-state index contributed by atoms with van der Waals surface area (Å²) in [6.45, 7) is 2.24. The topological polar surface area (TPSA) is 12.0 Å². The van der Waals surface area contributed by atoms with E-state index >= 15 is 0 Å². The first-order chi connectivity index (χ1) is 10.3. The van der Waals surface area contributed by atoms with Gasteiger partial charge in [0.2, 0.25) is 0 Å². The van der Waals surface area contributed by atoms with Gasteiger partial charge >= 0.3 is 0 Å². The van der Waals surface area contributed by atoms with Gasteiger partial charge in [0.1, 0.15) is 0 Å². The van der Waals surface area contributed by atoms with Crippen LogP contribution in [0.5, 0.6) is 0 Å². The normalized spacial score (nSPS) is 16.5. The quantitative estimate of drug-likeness (QED) is 0.827. The SMILES string of the molecule is CCc1ccccc1C(NC)c1ccccc1C1CCC1. The van der Waals surface area contributed by atoms with Crippen molar-refractivity contribution in [2.45, 2.75) is 44.6 Å². The van der Waals surface area contributed by atoms with Crippen molar-refractivity contribution in [1.82, 2.24) is 5.32 Å². The third-order valence-electron chi connectivity index (χ3n) is 4.89. The summed E-state index contributed by atoms with van der Waals surface area (Å²) in [5, 5.41) is 3.55. The van der Waals surface area contributed by atoms with E-state index in [4.69, 9.17) is 0 Å². The molecular formula is C20H25N. The van der Waals surface area contributed by atoms with E-state index in [1.54, 1.807) is 5.56 Å². The van der Waals surface area contributed by atoms with Crippen molar-refractivity contribution < 1.29 is 0 Å². The van der Waals surface area contributed by atoms with Gasteiger partial charge in [0.05, 0.1) is 6.04 Å². The van der Waals surface area contributed by atoms with Gasteiger partial charge in [-0.15, -0.1) is 0 Å². The van der Waals surface area contributed by atoms with Crippen LogP contribution in [0.3, 0.4) is 0 Å². The maximum Gasteiger partial charge on any atom is 0.0579 e. The second-order valence-corrected chi connectivity index (χ2v) is 6.03. The Morgan fingerprint density at radius 3 is 2.29 bits per heavy atom. The fraction of sp³-hybridized carbons (Fsp3) is 0.400. The predicted octanol–water partition coefficient (Wildman–Crippen LogP) is 4.83. The summed E-state index contributed by atoms with van der Waals surface area (Å²) in [4.78, 5) is 0. The molecular weight excluding hydrogens is 254 g/mol. The minimum atomic E-state index is 0.304. The Hall–Kier alpha value is -1.60. The van der Waals surface area contributed by atoms with E-state index in [0.717, 1.165) is 12.3 Å². The molecule has 0 aliphatic heterocycles. The van der Waals surface area contributed by atoms with Gasteiger partial charge in [-0.25, -0.2) is 0 Å². The lowest BCUT2D eigenvalue weighted by atomic mass is 9.76. The molecule has 1 N–H and O–H groups in total. The van der Waals surface area contributed by atoms with Gasteiger partial charge in [-0.1, -0.05) is 61.9 Å². The van der Waals surface area contributed by atoms with Crippen molar-refractivity contribution in [1.29, 1.82) is 0 Å². The van der Waals surface area contributed by atoms with E-state index in [9.17, 15) is 0 Å². The van der Waals surface area contributed by atoms with E-state index < -0.39 is 0 Å². The molecule has 2 aromatic rings. The van der Waals surface area contributed by atoms with Crippen LogP contribution in [0.2, 0.25) is 0 Å². The molecule has 3 rings (SSSR count). The van der Waals surface area contributed by atoms with Crippen molar-refractivity contribution in [3.63, 3.8) is 0 Å². The molecule has 1 heteroatoms. The molecule has 1 aliphatic rings. The zero-order valence-corrected chi connectivity index (χ0v) is 13.1. The van der Waals surface area contributed by atoms with Crippen LogP contribution < -0.4 is 5.32 Å². The number of aryl methyl sites for hydroxylation is 1. The monoisotopic (exact) mass is 279 g/mol. The van der Waals surface area contributed by atoms with Crippen LogP contribution in [-0.2, 0) is 6.42 Å². The van der Waals surface area contributed by atoms with Crippen LogP contribution in [-0.4, -0.2) is 7.05 Å². The third-order valence-corrected chi connectivity index (χ3v) is 4.89. The molecule has 0 bridgehead atoms. The third kappa shape index (κ3) is 2.75. The van der Waals surface area contributed by atoms with Gasteiger partial charge in [-0.2, -0.15) is 0 Å². The number of nitrogens with one attached hydrogen (secondary N) is 1. The van der Waals surface area contributed by atoms with E-state index in [-0.39, 0.29) is 0 Å². The van der Waals surface area contributed by atoms with Crippen molar-refractivity contribution in [2.75, 3.05) is 7.05 Å². The summed E-state index contributed by atoms with van der Waals surface area (Å²) in [5.74, 6) is 0.769. The summed E-state index contributed by atoms with van der Waals surface area (Å²) in [6, 6.07) is 18.1. The highest BCUT2D eigenvalue weighted by Crippen LogP contribution is 2.40. The van der Waals surface area contributed by atoms with Crippen molar-refractivity contribution >= 4 is 0 Å². The molecule has 0 amide bonds. The standard InChI is InChI=1S/C20H25N/c1-3-15-9-4-5-13-18(15)20(21-2)19-14-7-6-12-17(19)16-10-8-11-16/h4-7,9,12-14,16,20-21H,3,8,10-11H2,1-2H3. The molecule has 1 atom stereocenters. The molecule has 1 unspecified atom stereocenters. The highest BCUT2D eigenvalue weighted by Gasteiger charge is 2.25. The highest BCUT2D eigenvalue weighted by molar-refractivity contribution is 5.42. The van der Waals surface area contributed by atoms with Crippen LogP contribution >= 0.6 is 0 Å². The molecule has 0 heterocycles. The smallest absolute Gasteiger partial charge is 0.0579 e. The Kier molecular flexibility index (Phi) is 4.40. The first-order valence-corrected chi connectivity index (χ1v) is 8.19. The first-order valence-electron chi connectivity index (χ1n) is 8.19. The maximum absolute atomic E-state index is 3.55. The lowest BCUT2D eigenvalue weighted by Gasteiger charge is -2.31. The minimum absolute atomic E-state index is 0.304. The predicted molar refractivity (Wildman–Crippen MR) is 89.8 cm³/mol. The Balaban J connectivity index is 2.04. The van der Waals surface area contributed by atoms with Gasteiger partial charge in [0.25, 0.3) is 0 Å². The summed E-state index contributed by atoms with van der Waals surface area (Å²) in [7, 11) is 2.08. The molecule has 1 nitrogen and oxygen atoms in total. The zero-order chi connectivity index (χ0) is 14.7. The summed E-state index contributed by atoms with van der Waals surface area (Å²) < 4.78 is 0. The highest BCUT2D eigenvalue weighted by atomic mass is 14.9. The maximum atomic E-state index is 3.55. The lowest BCUT2D eigenvalue weighted by Crippen LogP contribution is -2.22. The largest absolute Gasteiger partial charge is 0.309 e. The van der Waals surface area contributed by atoms with E-state index in [0.29, 0.717) is 6.04 Å². The minimum Gasteiger partial charge on any atom is -0.309 e. The Morgan fingerprint density at radius 1 is 1.00 bits per heavy atom. The molecule has 2 aromatic carbocycles. The Labute approximate surface area is 128 Å². The molecule has 0 spiro atoms. The van der Waals surface area contributed by atoms with Crippen LogP contribution in [0.1, 0.15) is 60.4 Å². The molecule has 0 saturated heterocycles.